The van der Waals surface area contributed by atoms with Gasteiger partial charge in [0, 0.05) is 0 Å². The summed E-state index contributed by atoms with van der Waals surface area (Å²) in [5.41, 5.74) is 3.90. The molecule has 0 N–H and O–H groups in total. The molecule has 0 atom stereocenters. The van der Waals surface area contributed by atoms with Crippen LogP contribution < -0.4 is 18.9 Å². The zero-order chi connectivity index (χ0) is 5.70. The topological polar surface area (TPSA) is 17.3 Å². The van der Waals surface area contributed by atoms with Crippen LogP contribution in [0.4, 0.5) is 0 Å². The van der Waals surface area contributed by atoms with Gasteiger partial charge in [-0.15, -0.1) is 6.08 Å². The molecule has 0 bridgehead atoms. The molecule has 0 fully saturated rings. The van der Waals surface area contributed by atoms with Crippen LogP contribution in [0.5, 0.6) is 0 Å². The van der Waals surface area contributed by atoms with Crippen LogP contribution in [0.1, 0.15) is 6.92 Å². The summed E-state index contributed by atoms with van der Waals surface area (Å²) in [5, 5.41) is 1.75. The minimum absolute atomic E-state index is 0. The summed E-state index contributed by atoms with van der Waals surface area (Å²) in [4.78, 5) is 0. The Morgan fingerprint density at radius 3 is 2.00 bits per heavy atom. The first-order valence-electron chi connectivity index (χ1n) is 2.26. The van der Waals surface area contributed by atoms with E-state index in [1.165, 1.54) is 0 Å². The second-order valence-electron chi connectivity index (χ2n) is 1.45. The Morgan fingerprint density at radius 2 is 1.88 bits per heavy atom. The van der Waals surface area contributed by atoms with Gasteiger partial charge < -0.3 is 10.4 Å². The predicted molar refractivity (Wildman–Crippen MR) is 31.9 cm³/mol. The largest absolute Gasteiger partial charge is 1.00 e. The molecule has 0 saturated heterocycles. The zero-order valence-corrected chi connectivity index (χ0v) is 6.05. The molecule has 0 aliphatic rings. The van der Waals surface area contributed by atoms with Crippen LogP contribution in [-0.4, -0.2) is 19.1 Å². The smallest absolute Gasteiger partial charge is 0.627 e. The Balaban J connectivity index is 0. The van der Waals surface area contributed by atoms with Gasteiger partial charge in [0.05, 0.1) is 0 Å². The van der Waals surface area contributed by atoms with E-state index in [2.05, 4.69) is 5.43 Å². The zero-order valence-electron chi connectivity index (χ0n) is 6.05. The first-order chi connectivity index (χ1) is 3.27. The quantitative estimate of drug-likeness (QED) is 0.305. The van der Waals surface area contributed by atoms with Crippen molar-refractivity contribution in [3.63, 3.8) is 0 Å². The average molecular weight is 106 g/mol. The summed E-state index contributed by atoms with van der Waals surface area (Å²) < 4.78 is 0. The van der Waals surface area contributed by atoms with E-state index < -0.39 is 0 Å². The van der Waals surface area contributed by atoms with Crippen LogP contribution in [-0.2, 0) is 0 Å². The summed E-state index contributed by atoms with van der Waals surface area (Å²) in [6, 6.07) is 0. The van der Waals surface area contributed by atoms with Crippen LogP contribution in [0.3, 0.4) is 0 Å². The monoisotopic (exact) mass is 106 g/mol. The van der Waals surface area contributed by atoms with Crippen LogP contribution >= 0.6 is 0 Å². The number of hydrogen-bond acceptors (Lipinski definition) is 1. The van der Waals surface area contributed by atoms with Crippen molar-refractivity contribution in [3.05, 3.63) is 17.7 Å². The van der Waals surface area contributed by atoms with E-state index in [0.717, 1.165) is 0 Å². The van der Waals surface area contributed by atoms with Crippen LogP contribution in [0, 0.1) is 0 Å². The van der Waals surface area contributed by atoms with Crippen molar-refractivity contribution < 1.29 is 18.9 Å². The van der Waals surface area contributed by atoms with E-state index in [1.807, 2.05) is 27.1 Å². The van der Waals surface area contributed by atoms with Crippen molar-refractivity contribution in [3.8, 4) is 0 Å². The van der Waals surface area contributed by atoms with Gasteiger partial charge in [0.25, 0.3) is 0 Å². The van der Waals surface area contributed by atoms with Gasteiger partial charge in [0.1, 0.15) is 0 Å². The molecule has 0 aliphatic heterocycles. The summed E-state index contributed by atoms with van der Waals surface area (Å²) >= 11 is 0. The van der Waals surface area contributed by atoms with E-state index in [0.29, 0.717) is 0 Å². The van der Waals surface area contributed by atoms with Gasteiger partial charge in [0.2, 0.25) is 0 Å². The molecule has 42 valence electrons. The minimum atomic E-state index is 0. The second-order valence-corrected chi connectivity index (χ2v) is 1.45. The third kappa shape index (κ3) is 9.44. The van der Waals surface area contributed by atoms with Crippen LogP contribution in [0.25, 0.3) is 5.43 Å². The molecular weight excluding hydrogens is 95.0 g/mol. The Hall–Kier alpha value is 0.0974. The first kappa shape index (κ1) is 11.0. The molecule has 8 heavy (non-hydrogen) atoms. The molecule has 0 aromatic heterocycles. The van der Waals surface area contributed by atoms with E-state index in [1.54, 1.807) is 11.2 Å². The van der Waals surface area contributed by atoms with E-state index in [9.17, 15) is 0 Å². The molecule has 0 aliphatic carbocycles. The fraction of sp³-hybridized carbons (Fsp3) is 0.600. The summed E-state index contributed by atoms with van der Waals surface area (Å²) in [7, 11) is 3.78. The van der Waals surface area contributed by atoms with Gasteiger partial charge in [-0.2, -0.15) is 6.20 Å². The molecule has 0 aromatic rings. The Labute approximate surface area is 63.1 Å². The Morgan fingerprint density at radius 1 is 1.38 bits per heavy atom. The number of nitrogens with zero attached hydrogens (tertiary/aromatic N) is 2. The van der Waals surface area contributed by atoms with E-state index in [4.69, 9.17) is 0 Å². The predicted octanol–water partition coefficient (Wildman–Crippen LogP) is -1.63. The van der Waals surface area contributed by atoms with E-state index >= 15 is 0 Å². The molecule has 0 saturated carbocycles. The molecule has 3 heteroatoms. The number of allylic oxidation sites excluding steroid dienone is 1. The molecule has 0 spiro atoms. The SMILES string of the molecule is C/C=C\[N-]N(C)C.[Li+]. The van der Waals surface area contributed by atoms with Gasteiger partial charge in [-0.05, 0) is 21.0 Å². The summed E-state index contributed by atoms with van der Waals surface area (Å²) in [6.45, 7) is 1.94. The summed E-state index contributed by atoms with van der Waals surface area (Å²) in [6.07, 6.45) is 3.64. The van der Waals surface area contributed by atoms with Crippen molar-refractivity contribution in [1.82, 2.24) is 5.01 Å². The van der Waals surface area contributed by atoms with Crippen molar-refractivity contribution in [2.75, 3.05) is 14.1 Å². The van der Waals surface area contributed by atoms with Gasteiger partial charge in [-0.1, -0.05) is 0 Å². The molecular formula is C5H11LiN2. The van der Waals surface area contributed by atoms with Gasteiger partial charge in [-0.25, -0.2) is 0 Å². The van der Waals surface area contributed by atoms with Crippen molar-refractivity contribution in [1.29, 1.82) is 0 Å². The fourth-order valence-electron chi connectivity index (χ4n) is 0.200. The first-order valence-corrected chi connectivity index (χ1v) is 2.26. The molecule has 2 nitrogen and oxygen atoms in total. The standard InChI is InChI=1S/C5H11N2.Li/c1-4-5-6-7(2)3;/h4-5H,1-3H3;/q-1;+1/b5-4-;. The summed E-state index contributed by atoms with van der Waals surface area (Å²) in [5.74, 6) is 0. The number of hydrogen-bond donors (Lipinski definition) is 0. The Bertz CT molecular complexity index is 61.4. The number of rotatable bonds is 2. The van der Waals surface area contributed by atoms with Crippen LogP contribution in [0.15, 0.2) is 12.3 Å². The Kier molecular flexibility index (Phi) is 9.73. The average Bonchev–Trinajstić information content (AvgIpc) is 1.61. The normalized spacial score (nSPS) is 9.50. The fourth-order valence-corrected chi connectivity index (χ4v) is 0.200. The van der Waals surface area contributed by atoms with Crippen LogP contribution in [0.2, 0.25) is 0 Å². The van der Waals surface area contributed by atoms with Crippen molar-refractivity contribution >= 4 is 0 Å². The second kappa shape index (κ2) is 7.10. The third-order valence-corrected chi connectivity index (χ3v) is 0.447. The van der Waals surface area contributed by atoms with Gasteiger partial charge in [-0.3, -0.25) is 0 Å². The van der Waals surface area contributed by atoms with Crippen molar-refractivity contribution in [2.45, 2.75) is 6.92 Å². The van der Waals surface area contributed by atoms with Gasteiger partial charge in [0.15, 0.2) is 0 Å². The maximum atomic E-state index is 3.90. The molecule has 0 heterocycles. The molecule has 0 amide bonds. The maximum absolute atomic E-state index is 3.90. The molecule has 0 radical (unpaired) electrons. The molecule has 0 aromatic carbocycles. The minimum Gasteiger partial charge on any atom is -0.627 e. The van der Waals surface area contributed by atoms with Gasteiger partial charge >= 0.3 is 18.9 Å². The molecule has 0 unspecified atom stereocenters. The third-order valence-electron chi connectivity index (χ3n) is 0.447. The van der Waals surface area contributed by atoms with E-state index in [-0.39, 0.29) is 18.9 Å². The molecule has 0 rings (SSSR count). The maximum Gasteiger partial charge on any atom is 1.00 e. The van der Waals surface area contributed by atoms with Crippen molar-refractivity contribution in [2.24, 2.45) is 0 Å².